The summed E-state index contributed by atoms with van der Waals surface area (Å²) in [6.07, 6.45) is 1.44. The van der Waals surface area contributed by atoms with Gasteiger partial charge < -0.3 is 15.2 Å². The SMILES string of the molecule is CCOC(=O)C(CN)(CCCOc1ccccc1)C(C)C. The fraction of sp³-hybridized carbons (Fsp3) is 0.588. The first-order valence-corrected chi connectivity index (χ1v) is 7.62. The molecule has 118 valence electrons. The van der Waals surface area contributed by atoms with E-state index >= 15 is 0 Å². The van der Waals surface area contributed by atoms with E-state index in [1.165, 1.54) is 0 Å². The Labute approximate surface area is 127 Å². The number of rotatable bonds is 9. The van der Waals surface area contributed by atoms with Crippen molar-refractivity contribution in [2.75, 3.05) is 19.8 Å². The molecular weight excluding hydrogens is 266 g/mol. The summed E-state index contributed by atoms with van der Waals surface area (Å²) in [5.41, 5.74) is 5.28. The third-order valence-corrected chi connectivity index (χ3v) is 3.93. The highest BCUT2D eigenvalue weighted by atomic mass is 16.5. The second kappa shape index (κ2) is 8.67. The van der Waals surface area contributed by atoms with Crippen LogP contribution in [-0.4, -0.2) is 25.7 Å². The topological polar surface area (TPSA) is 61.5 Å². The number of hydrogen-bond donors (Lipinski definition) is 1. The van der Waals surface area contributed by atoms with Crippen molar-refractivity contribution < 1.29 is 14.3 Å². The van der Waals surface area contributed by atoms with Crippen molar-refractivity contribution in [3.05, 3.63) is 30.3 Å². The van der Waals surface area contributed by atoms with Crippen molar-refractivity contribution in [3.8, 4) is 5.75 Å². The maximum Gasteiger partial charge on any atom is 0.313 e. The summed E-state index contributed by atoms with van der Waals surface area (Å²) in [5.74, 6) is 0.789. The van der Waals surface area contributed by atoms with Gasteiger partial charge in [-0.3, -0.25) is 4.79 Å². The van der Waals surface area contributed by atoms with Gasteiger partial charge in [0.15, 0.2) is 0 Å². The smallest absolute Gasteiger partial charge is 0.313 e. The van der Waals surface area contributed by atoms with Gasteiger partial charge in [-0.15, -0.1) is 0 Å². The summed E-state index contributed by atoms with van der Waals surface area (Å²) in [4.78, 5) is 12.3. The Kier molecular flexibility index (Phi) is 7.23. The van der Waals surface area contributed by atoms with Gasteiger partial charge in [-0.25, -0.2) is 0 Å². The minimum Gasteiger partial charge on any atom is -0.494 e. The van der Waals surface area contributed by atoms with Crippen molar-refractivity contribution in [2.24, 2.45) is 17.1 Å². The quantitative estimate of drug-likeness (QED) is 0.561. The highest BCUT2D eigenvalue weighted by molar-refractivity contribution is 5.77. The predicted octanol–water partition coefficient (Wildman–Crippen LogP) is 3.01. The van der Waals surface area contributed by atoms with Crippen LogP contribution in [0.1, 0.15) is 33.6 Å². The van der Waals surface area contributed by atoms with Gasteiger partial charge in [0, 0.05) is 6.54 Å². The van der Waals surface area contributed by atoms with Gasteiger partial charge in [0.25, 0.3) is 0 Å². The van der Waals surface area contributed by atoms with Crippen LogP contribution >= 0.6 is 0 Å². The maximum atomic E-state index is 12.3. The van der Waals surface area contributed by atoms with Gasteiger partial charge in [0.05, 0.1) is 18.6 Å². The summed E-state index contributed by atoms with van der Waals surface area (Å²) < 4.78 is 10.9. The normalized spacial score (nSPS) is 13.8. The molecule has 4 heteroatoms. The van der Waals surface area contributed by atoms with Crippen LogP contribution in [-0.2, 0) is 9.53 Å². The molecule has 0 aliphatic carbocycles. The van der Waals surface area contributed by atoms with Crippen molar-refractivity contribution in [1.82, 2.24) is 0 Å². The molecule has 1 aromatic carbocycles. The minimum atomic E-state index is -0.615. The van der Waals surface area contributed by atoms with Crippen molar-refractivity contribution in [2.45, 2.75) is 33.6 Å². The zero-order chi connectivity index (χ0) is 15.7. The first-order valence-electron chi connectivity index (χ1n) is 7.62. The molecule has 0 aromatic heterocycles. The lowest BCUT2D eigenvalue weighted by Crippen LogP contribution is -2.44. The fourth-order valence-corrected chi connectivity index (χ4v) is 2.42. The fourth-order valence-electron chi connectivity index (χ4n) is 2.42. The first-order chi connectivity index (χ1) is 10.1. The van der Waals surface area contributed by atoms with Crippen LogP contribution in [0.3, 0.4) is 0 Å². The molecule has 1 unspecified atom stereocenters. The summed E-state index contributed by atoms with van der Waals surface area (Å²) >= 11 is 0. The Morgan fingerprint density at radius 2 is 1.95 bits per heavy atom. The lowest BCUT2D eigenvalue weighted by molar-refractivity contribution is -0.158. The predicted molar refractivity (Wildman–Crippen MR) is 84.1 cm³/mol. The number of carbonyl (C=O) groups is 1. The molecule has 0 saturated carbocycles. The number of benzene rings is 1. The number of carbonyl (C=O) groups excluding carboxylic acids is 1. The van der Waals surface area contributed by atoms with Crippen LogP contribution in [0.25, 0.3) is 0 Å². The Morgan fingerprint density at radius 1 is 1.29 bits per heavy atom. The molecular formula is C17H27NO3. The number of nitrogens with two attached hydrogens (primary N) is 1. The molecule has 21 heavy (non-hydrogen) atoms. The van der Waals surface area contributed by atoms with Gasteiger partial charge in [-0.2, -0.15) is 0 Å². The monoisotopic (exact) mass is 293 g/mol. The molecule has 1 rings (SSSR count). The number of hydrogen-bond acceptors (Lipinski definition) is 4. The maximum absolute atomic E-state index is 12.3. The van der Waals surface area contributed by atoms with E-state index in [4.69, 9.17) is 15.2 Å². The van der Waals surface area contributed by atoms with E-state index < -0.39 is 5.41 Å². The third kappa shape index (κ3) is 4.74. The minimum absolute atomic E-state index is 0.137. The van der Waals surface area contributed by atoms with E-state index in [0.29, 0.717) is 26.2 Å². The van der Waals surface area contributed by atoms with E-state index in [1.54, 1.807) is 0 Å². The lowest BCUT2D eigenvalue weighted by Gasteiger charge is -2.34. The molecule has 0 fully saturated rings. The Morgan fingerprint density at radius 3 is 2.48 bits per heavy atom. The van der Waals surface area contributed by atoms with Crippen LogP contribution in [0, 0.1) is 11.3 Å². The molecule has 0 saturated heterocycles. The van der Waals surface area contributed by atoms with Crippen LogP contribution in [0.2, 0.25) is 0 Å². The van der Waals surface area contributed by atoms with E-state index in [1.807, 2.05) is 51.1 Å². The van der Waals surface area contributed by atoms with E-state index in [-0.39, 0.29) is 11.9 Å². The lowest BCUT2D eigenvalue weighted by atomic mass is 9.73. The molecule has 2 N–H and O–H groups in total. The van der Waals surface area contributed by atoms with Gasteiger partial charge in [-0.05, 0) is 37.8 Å². The van der Waals surface area contributed by atoms with Gasteiger partial charge >= 0.3 is 5.97 Å². The molecule has 0 aliphatic rings. The van der Waals surface area contributed by atoms with Crippen LogP contribution in [0.15, 0.2) is 30.3 Å². The summed E-state index contributed by atoms with van der Waals surface area (Å²) in [6, 6.07) is 9.66. The molecule has 0 heterocycles. The van der Waals surface area contributed by atoms with Gasteiger partial charge in [0.1, 0.15) is 5.75 Å². The third-order valence-electron chi connectivity index (χ3n) is 3.93. The van der Waals surface area contributed by atoms with E-state index in [0.717, 1.165) is 12.2 Å². The molecule has 0 spiro atoms. The van der Waals surface area contributed by atoms with Crippen LogP contribution in [0.4, 0.5) is 0 Å². The molecule has 0 aliphatic heterocycles. The van der Waals surface area contributed by atoms with E-state index in [9.17, 15) is 4.79 Å². The van der Waals surface area contributed by atoms with E-state index in [2.05, 4.69) is 0 Å². The molecule has 0 radical (unpaired) electrons. The Hall–Kier alpha value is -1.55. The van der Waals surface area contributed by atoms with Crippen molar-refractivity contribution in [1.29, 1.82) is 0 Å². The first kappa shape index (κ1) is 17.5. The summed E-state index contributed by atoms with van der Waals surface area (Å²) in [7, 11) is 0. The zero-order valence-corrected chi connectivity index (χ0v) is 13.3. The highest BCUT2D eigenvalue weighted by Gasteiger charge is 2.41. The standard InChI is InChI=1S/C17H27NO3/c1-4-20-16(19)17(13-18,14(2)3)11-8-12-21-15-9-6-5-7-10-15/h5-7,9-10,14H,4,8,11-13,18H2,1-3H3. The summed E-state index contributed by atoms with van der Waals surface area (Å²) in [5, 5.41) is 0. The summed E-state index contributed by atoms with van der Waals surface area (Å²) in [6.45, 7) is 7.10. The number of ether oxygens (including phenoxy) is 2. The zero-order valence-electron chi connectivity index (χ0n) is 13.3. The molecule has 1 atom stereocenters. The van der Waals surface area contributed by atoms with Crippen molar-refractivity contribution in [3.63, 3.8) is 0 Å². The van der Waals surface area contributed by atoms with Gasteiger partial charge in [0.2, 0.25) is 0 Å². The average Bonchev–Trinajstić information content (AvgIpc) is 2.48. The largest absolute Gasteiger partial charge is 0.494 e. The molecule has 0 amide bonds. The molecule has 1 aromatic rings. The van der Waals surface area contributed by atoms with Crippen LogP contribution in [0.5, 0.6) is 5.75 Å². The van der Waals surface area contributed by atoms with Crippen LogP contribution < -0.4 is 10.5 Å². The number of para-hydroxylation sites is 1. The van der Waals surface area contributed by atoms with Crippen molar-refractivity contribution >= 4 is 5.97 Å². The molecule has 4 nitrogen and oxygen atoms in total. The molecule has 0 bridgehead atoms. The van der Waals surface area contributed by atoms with Gasteiger partial charge in [-0.1, -0.05) is 32.0 Å². The second-order valence-electron chi connectivity index (χ2n) is 5.50. The number of esters is 1. The highest BCUT2D eigenvalue weighted by Crippen LogP contribution is 2.33. The Balaban J connectivity index is 2.55. The Bertz CT molecular complexity index is 419. The second-order valence-corrected chi connectivity index (χ2v) is 5.50. The average molecular weight is 293 g/mol.